The molecule has 0 radical (unpaired) electrons. The van der Waals surface area contributed by atoms with Gasteiger partial charge in [0.1, 0.15) is 0 Å². The van der Waals surface area contributed by atoms with Gasteiger partial charge < -0.3 is 15.5 Å². The van der Waals surface area contributed by atoms with Gasteiger partial charge in [0.2, 0.25) is 11.8 Å². The third kappa shape index (κ3) is 4.32. The second kappa shape index (κ2) is 7.59. The Bertz CT molecular complexity index is 540. The molecule has 5 heteroatoms. The highest BCUT2D eigenvalue weighted by Gasteiger charge is 2.30. The molecule has 2 aliphatic rings. The summed E-state index contributed by atoms with van der Waals surface area (Å²) in [5.41, 5.74) is 1.19. The van der Waals surface area contributed by atoms with E-state index in [2.05, 4.69) is 22.8 Å². The Balaban J connectivity index is 1.41. The fourth-order valence-corrected chi connectivity index (χ4v) is 3.36. The SMILES string of the molecule is O=C(NC1CCN(C(=O)CCc2ccccc2)C1)C1CCNC1. The van der Waals surface area contributed by atoms with E-state index in [1.165, 1.54) is 5.56 Å². The zero-order valence-electron chi connectivity index (χ0n) is 13.5. The van der Waals surface area contributed by atoms with Gasteiger partial charge in [0.05, 0.1) is 5.92 Å². The van der Waals surface area contributed by atoms with Crippen LogP contribution in [-0.2, 0) is 16.0 Å². The molecule has 1 aromatic carbocycles. The first-order valence-electron chi connectivity index (χ1n) is 8.55. The van der Waals surface area contributed by atoms with Gasteiger partial charge >= 0.3 is 0 Å². The number of amides is 2. The Morgan fingerprint density at radius 2 is 2.04 bits per heavy atom. The maximum atomic E-state index is 12.3. The van der Waals surface area contributed by atoms with E-state index in [4.69, 9.17) is 0 Å². The number of hydrogen-bond donors (Lipinski definition) is 2. The van der Waals surface area contributed by atoms with Gasteiger partial charge in [-0.15, -0.1) is 0 Å². The lowest BCUT2D eigenvalue weighted by atomic mass is 10.1. The average Bonchev–Trinajstić information content (AvgIpc) is 3.25. The summed E-state index contributed by atoms with van der Waals surface area (Å²) in [4.78, 5) is 26.3. The molecule has 2 saturated heterocycles. The number of nitrogens with one attached hydrogen (secondary N) is 2. The molecule has 1 aromatic rings. The molecule has 2 atom stereocenters. The molecule has 2 unspecified atom stereocenters. The van der Waals surface area contributed by atoms with E-state index >= 15 is 0 Å². The lowest BCUT2D eigenvalue weighted by Gasteiger charge is -2.18. The normalized spacial score (nSPS) is 23.9. The molecular formula is C18H25N3O2. The van der Waals surface area contributed by atoms with Crippen LogP contribution in [0.4, 0.5) is 0 Å². The Hall–Kier alpha value is -1.88. The fraction of sp³-hybridized carbons (Fsp3) is 0.556. The highest BCUT2D eigenvalue weighted by atomic mass is 16.2. The summed E-state index contributed by atoms with van der Waals surface area (Å²) in [5, 5.41) is 6.32. The molecule has 5 nitrogen and oxygen atoms in total. The zero-order valence-corrected chi connectivity index (χ0v) is 13.5. The highest BCUT2D eigenvalue weighted by Crippen LogP contribution is 2.14. The number of hydrogen-bond acceptors (Lipinski definition) is 3. The molecule has 0 bridgehead atoms. The van der Waals surface area contributed by atoms with Gasteiger partial charge in [0.15, 0.2) is 0 Å². The summed E-state index contributed by atoms with van der Waals surface area (Å²) < 4.78 is 0. The topological polar surface area (TPSA) is 61.4 Å². The smallest absolute Gasteiger partial charge is 0.224 e. The van der Waals surface area contributed by atoms with Crippen LogP contribution < -0.4 is 10.6 Å². The molecule has 2 amide bonds. The maximum Gasteiger partial charge on any atom is 0.224 e. The Morgan fingerprint density at radius 1 is 1.22 bits per heavy atom. The van der Waals surface area contributed by atoms with Gasteiger partial charge in [-0.2, -0.15) is 0 Å². The standard InChI is InChI=1S/C18H25N3O2/c22-17(7-6-14-4-2-1-3-5-14)21-11-9-16(13-21)20-18(23)15-8-10-19-12-15/h1-5,15-16,19H,6-13H2,(H,20,23). The number of benzene rings is 1. The van der Waals surface area contributed by atoms with E-state index in [-0.39, 0.29) is 23.8 Å². The number of carbonyl (C=O) groups is 2. The molecule has 2 heterocycles. The van der Waals surface area contributed by atoms with Crippen molar-refractivity contribution in [2.24, 2.45) is 5.92 Å². The number of carbonyl (C=O) groups excluding carboxylic acids is 2. The number of nitrogens with zero attached hydrogens (tertiary/aromatic N) is 1. The molecule has 3 rings (SSSR count). The number of rotatable bonds is 5. The Labute approximate surface area is 137 Å². The zero-order chi connectivity index (χ0) is 16.1. The summed E-state index contributed by atoms with van der Waals surface area (Å²) in [7, 11) is 0. The first kappa shape index (κ1) is 16.0. The lowest BCUT2D eigenvalue weighted by Crippen LogP contribution is -2.41. The van der Waals surface area contributed by atoms with Crippen molar-refractivity contribution in [3.05, 3.63) is 35.9 Å². The van der Waals surface area contributed by atoms with Crippen LogP contribution in [0, 0.1) is 5.92 Å². The summed E-state index contributed by atoms with van der Waals surface area (Å²) in [5.74, 6) is 0.421. The van der Waals surface area contributed by atoms with Crippen molar-refractivity contribution in [2.75, 3.05) is 26.2 Å². The minimum atomic E-state index is 0.0952. The summed E-state index contributed by atoms with van der Waals surface area (Å²) >= 11 is 0. The average molecular weight is 315 g/mol. The molecule has 0 saturated carbocycles. The molecular weight excluding hydrogens is 290 g/mol. The molecule has 0 aromatic heterocycles. The third-order valence-electron chi connectivity index (χ3n) is 4.79. The van der Waals surface area contributed by atoms with E-state index < -0.39 is 0 Å². The molecule has 0 aliphatic carbocycles. The molecule has 0 spiro atoms. The van der Waals surface area contributed by atoms with Gasteiger partial charge in [-0.25, -0.2) is 0 Å². The van der Waals surface area contributed by atoms with Crippen molar-refractivity contribution < 1.29 is 9.59 Å². The van der Waals surface area contributed by atoms with Gasteiger partial charge in [-0.05, 0) is 31.4 Å². The summed E-state index contributed by atoms with van der Waals surface area (Å²) in [6.45, 7) is 3.10. The van der Waals surface area contributed by atoms with Crippen LogP contribution in [0.15, 0.2) is 30.3 Å². The van der Waals surface area contributed by atoms with Crippen LogP contribution >= 0.6 is 0 Å². The van der Waals surface area contributed by atoms with E-state index in [1.54, 1.807) is 0 Å². The van der Waals surface area contributed by atoms with Gasteiger partial charge in [-0.3, -0.25) is 9.59 Å². The Kier molecular flexibility index (Phi) is 5.28. The van der Waals surface area contributed by atoms with Gasteiger partial charge in [0.25, 0.3) is 0 Å². The predicted molar refractivity (Wildman–Crippen MR) is 88.9 cm³/mol. The van der Waals surface area contributed by atoms with Crippen molar-refractivity contribution in [2.45, 2.75) is 31.7 Å². The molecule has 2 N–H and O–H groups in total. The largest absolute Gasteiger partial charge is 0.351 e. The summed E-state index contributed by atoms with van der Waals surface area (Å²) in [6, 6.07) is 10.2. The van der Waals surface area contributed by atoms with Gasteiger partial charge in [-0.1, -0.05) is 30.3 Å². The van der Waals surface area contributed by atoms with Crippen molar-refractivity contribution in [3.8, 4) is 0 Å². The molecule has 2 fully saturated rings. The minimum absolute atomic E-state index is 0.0952. The fourth-order valence-electron chi connectivity index (χ4n) is 3.36. The van der Waals surface area contributed by atoms with E-state index in [0.29, 0.717) is 13.0 Å². The van der Waals surface area contributed by atoms with Gasteiger partial charge in [0, 0.05) is 32.1 Å². The van der Waals surface area contributed by atoms with E-state index in [0.717, 1.165) is 38.9 Å². The lowest BCUT2D eigenvalue weighted by molar-refractivity contribution is -0.130. The maximum absolute atomic E-state index is 12.3. The highest BCUT2D eigenvalue weighted by molar-refractivity contribution is 5.80. The predicted octanol–water partition coefficient (Wildman–Crippen LogP) is 0.946. The van der Waals surface area contributed by atoms with Crippen LogP contribution in [0.1, 0.15) is 24.8 Å². The van der Waals surface area contributed by atoms with Crippen LogP contribution in [0.3, 0.4) is 0 Å². The third-order valence-corrected chi connectivity index (χ3v) is 4.79. The van der Waals surface area contributed by atoms with Crippen LogP contribution in [0.25, 0.3) is 0 Å². The van der Waals surface area contributed by atoms with Crippen molar-refractivity contribution >= 4 is 11.8 Å². The number of aryl methyl sites for hydroxylation is 1. The van der Waals surface area contributed by atoms with Crippen LogP contribution in [0.5, 0.6) is 0 Å². The first-order chi connectivity index (χ1) is 11.2. The second-order valence-corrected chi connectivity index (χ2v) is 6.51. The van der Waals surface area contributed by atoms with Crippen molar-refractivity contribution in [1.82, 2.24) is 15.5 Å². The van der Waals surface area contributed by atoms with E-state index in [9.17, 15) is 9.59 Å². The first-order valence-corrected chi connectivity index (χ1v) is 8.55. The monoisotopic (exact) mass is 315 g/mol. The molecule has 2 aliphatic heterocycles. The second-order valence-electron chi connectivity index (χ2n) is 6.51. The molecule has 124 valence electrons. The molecule has 23 heavy (non-hydrogen) atoms. The van der Waals surface area contributed by atoms with E-state index in [1.807, 2.05) is 23.1 Å². The van der Waals surface area contributed by atoms with Crippen molar-refractivity contribution in [1.29, 1.82) is 0 Å². The van der Waals surface area contributed by atoms with Crippen molar-refractivity contribution in [3.63, 3.8) is 0 Å². The van der Waals surface area contributed by atoms with Crippen LogP contribution in [0.2, 0.25) is 0 Å². The summed E-state index contributed by atoms with van der Waals surface area (Å²) in [6.07, 6.45) is 3.10. The quantitative estimate of drug-likeness (QED) is 0.850. The minimum Gasteiger partial charge on any atom is -0.351 e. The van der Waals surface area contributed by atoms with Crippen LogP contribution in [-0.4, -0.2) is 48.9 Å². The number of likely N-dealkylation sites (tertiary alicyclic amines) is 1. The Morgan fingerprint density at radius 3 is 2.78 bits per heavy atom.